The molecular formula is C24H22N2O3. The first-order valence-electron chi connectivity index (χ1n) is 9.57. The predicted octanol–water partition coefficient (Wildman–Crippen LogP) is 4.90. The smallest absolute Gasteiger partial charge is 0.163 e. The van der Waals surface area contributed by atoms with Gasteiger partial charge in [-0.25, -0.2) is 4.98 Å². The number of imidazole rings is 1. The van der Waals surface area contributed by atoms with Crippen LogP contribution in [0, 0.1) is 0 Å². The third-order valence-electron chi connectivity index (χ3n) is 4.68. The molecule has 3 aromatic carbocycles. The summed E-state index contributed by atoms with van der Waals surface area (Å²) in [5, 5.41) is 0. The SMILES string of the molecule is CC(=O)c1ccccc1OCCn1c(COc2ccccc2)nc2ccccc21. The largest absolute Gasteiger partial charge is 0.491 e. The molecule has 0 amide bonds. The first-order valence-corrected chi connectivity index (χ1v) is 9.57. The molecule has 29 heavy (non-hydrogen) atoms. The molecule has 0 N–H and O–H groups in total. The fourth-order valence-electron chi connectivity index (χ4n) is 3.28. The van der Waals surface area contributed by atoms with Crippen molar-refractivity contribution >= 4 is 16.8 Å². The number of hydrogen-bond donors (Lipinski definition) is 0. The fourth-order valence-corrected chi connectivity index (χ4v) is 3.28. The second-order valence-corrected chi connectivity index (χ2v) is 6.67. The second-order valence-electron chi connectivity index (χ2n) is 6.67. The molecule has 4 aromatic rings. The summed E-state index contributed by atoms with van der Waals surface area (Å²) in [6.07, 6.45) is 0. The number of nitrogens with zero attached hydrogens (tertiary/aromatic N) is 2. The van der Waals surface area contributed by atoms with Gasteiger partial charge in [0.2, 0.25) is 0 Å². The Hall–Kier alpha value is -3.60. The van der Waals surface area contributed by atoms with E-state index in [4.69, 9.17) is 14.5 Å². The summed E-state index contributed by atoms with van der Waals surface area (Å²) in [4.78, 5) is 16.5. The van der Waals surface area contributed by atoms with Crippen LogP contribution in [-0.4, -0.2) is 21.9 Å². The molecule has 5 heteroatoms. The number of rotatable bonds is 8. The lowest BCUT2D eigenvalue weighted by Crippen LogP contribution is -2.13. The van der Waals surface area contributed by atoms with Gasteiger partial charge in [-0.3, -0.25) is 4.79 Å². The summed E-state index contributed by atoms with van der Waals surface area (Å²) >= 11 is 0. The van der Waals surface area contributed by atoms with E-state index in [1.165, 1.54) is 0 Å². The number of ketones is 1. The Kier molecular flexibility index (Phi) is 5.56. The molecule has 0 bridgehead atoms. The highest BCUT2D eigenvalue weighted by molar-refractivity contribution is 5.96. The van der Waals surface area contributed by atoms with Crippen molar-refractivity contribution in [1.29, 1.82) is 0 Å². The molecule has 0 spiro atoms. The van der Waals surface area contributed by atoms with Crippen LogP contribution in [0.3, 0.4) is 0 Å². The summed E-state index contributed by atoms with van der Waals surface area (Å²) in [6.45, 7) is 2.93. The van der Waals surface area contributed by atoms with Crippen molar-refractivity contribution < 1.29 is 14.3 Å². The first-order chi connectivity index (χ1) is 14.2. The standard InChI is InChI=1S/C24H22N2O3/c1-18(27)20-11-5-8-14-23(20)28-16-15-26-22-13-7-6-12-21(22)25-24(26)17-29-19-9-3-2-4-10-19/h2-14H,15-17H2,1H3. The van der Waals surface area contributed by atoms with E-state index >= 15 is 0 Å². The summed E-state index contributed by atoms with van der Waals surface area (Å²) in [7, 11) is 0. The minimum atomic E-state index is -0.00868. The van der Waals surface area contributed by atoms with Gasteiger partial charge in [-0.05, 0) is 43.3 Å². The number of aromatic nitrogens is 2. The van der Waals surface area contributed by atoms with Crippen molar-refractivity contribution in [3.8, 4) is 11.5 Å². The third-order valence-corrected chi connectivity index (χ3v) is 4.68. The topological polar surface area (TPSA) is 53.4 Å². The van der Waals surface area contributed by atoms with Gasteiger partial charge in [0, 0.05) is 0 Å². The molecule has 0 aliphatic carbocycles. The Morgan fingerprint density at radius 2 is 1.62 bits per heavy atom. The maximum Gasteiger partial charge on any atom is 0.163 e. The molecule has 0 radical (unpaired) electrons. The molecule has 0 aliphatic heterocycles. The Morgan fingerprint density at radius 1 is 0.897 bits per heavy atom. The monoisotopic (exact) mass is 386 g/mol. The predicted molar refractivity (Wildman–Crippen MR) is 112 cm³/mol. The minimum absolute atomic E-state index is 0.00868. The molecule has 0 saturated carbocycles. The zero-order chi connectivity index (χ0) is 20.1. The lowest BCUT2D eigenvalue weighted by atomic mass is 10.1. The summed E-state index contributed by atoms with van der Waals surface area (Å²) in [6, 6.07) is 25.0. The number of carbonyl (C=O) groups is 1. The number of para-hydroxylation sites is 4. The highest BCUT2D eigenvalue weighted by Crippen LogP contribution is 2.21. The maximum atomic E-state index is 11.8. The van der Waals surface area contributed by atoms with Crippen molar-refractivity contribution in [3.63, 3.8) is 0 Å². The van der Waals surface area contributed by atoms with Crippen LogP contribution in [-0.2, 0) is 13.2 Å². The number of Topliss-reactive ketones (excluding diaryl/α,β-unsaturated/α-hetero) is 1. The number of carbonyl (C=O) groups excluding carboxylic acids is 1. The third kappa shape index (κ3) is 4.29. The van der Waals surface area contributed by atoms with E-state index in [1.807, 2.05) is 72.8 Å². The van der Waals surface area contributed by atoms with E-state index in [0.29, 0.717) is 31.1 Å². The Morgan fingerprint density at radius 3 is 2.45 bits per heavy atom. The van der Waals surface area contributed by atoms with Gasteiger partial charge in [0.15, 0.2) is 5.78 Å². The van der Waals surface area contributed by atoms with Crippen LogP contribution in [0.1, 0.15) is 23.1 Å². The first kappa shape index (κ1) is 18.7. The molecule has 4 rings (SSSR count). The number of hydrogen-bond acceptors (Lipinski definition) is 4. The fraction of sp³-hybridized carbons (Fsp3) is 0.167. The molecule has 0 aliphatic rings. The van der Waals surface area contributed by atoms with Gasteiger partial charge >= 0.3 is 0 Å². The van der Waals surface area contributed by atoms with E-state index < -0.39 is 0 Å². The van der Waals surface area contributed by atoms with Gasteiger partial charge in [0.05, 0.1) is 23.1 Å². The van der Waals surface area contributed by atoms with Crippen molar-refractivity contribution in [2.24, 2.45) is 0 Å². The van der Waals surface area contributed by atoms with Crippen LogP contribution >= 0.6 is 0 Å². The van der Waals surface area contributed by atoms with Gasteiger partial charge < -0.3 is 14.0 Å². The Bertz CT molecular complexity index is 1120. The van der Waals surface area contributed by atoms with Gasteiger partial charge in [-0.1, -0.05) is 42.5 Å². The summed E-state index contributed by atoms with van der Waals surface area (Å²) < 4.78 is 13.9. The van der Waals surface area contributed by atoms with Crippen LogP contribution < -0.4 is 9.47 Å². The van der Waals surface area contributed by atoms with Crippen LogP contribution in [0.4, 0.5) is 0 Å². The Labute approximate surface area is 169 Å². The lowest BCUT2D eigenvalue weighted by molar-refractivity contribution is 0.101. The lowest BCUT2D eigenvalue weighted by Gasteiger charge is -2.13. The quantitative estimate of drug-likeness (QED) is 0.404. The van der Waals surface area contributed by atoms with E-state index in [2.05, 4.69) is 4.57 Å². The molecule has 0 atom stereocenters. The average Bonchev–Trinajstić information content (AvgIpc) is 3.11. The maximum absolute atomic E-state index is 11.8. The Balaban J connectivity index is 1.52. The van der Waals surface area contributed by atoms with Crippen LogP contribution in [0.2, 0.25) is 0 Å². The van der Waals surface area contributed by atoms with Crippen LogP contribution in [0.25, 0.3) is 11.0 Å². The molecular weight excluding hydrogens is 364 g/mol. The van der Waals surface area contributed by atoms with E-state index in [0.717, 1.165) is 22.6 Å². The van der Waals surface area contributed by atoms with Crippen LogP contribution in [0.15, 0.2) is 78.9 Å². The molecule has 0 saturated heterocycles. The van der Waals surface area contributed by atoms with Crippen LogP contribution in [0.5, 0.6) is 11.5 Å². The molecule has 1 heterocycles. The van der Waals surface area contributed by atoms with Gasteiger partial charge in [0.1, 0.15) is 30.5 Å². The zero-order valence-electron chi connectivity index (χ0n) is 16.2. The molecule has 5 nitrogen and oxygen atoms in total. The average molecular weight is 386 g/mol. The number of ether oxygens (including phenoxy) is 2. The minimum Gasteiger partial charge on any atom is -0.491 e. The van der Waals surface area contributed by atoms with Crippen molar-refractivity contribution in [3.05, 3.63) is 90.3 Å². The molecule has 1 aromatic heterocycles. The second kappa shape index (κ2) is 8.61. The van der Waals surface area contributed by atoms with Crippen molar-refractivity contribution in [2.75, 3.05) is 6.61 Å². The highest BCUT2D eigenvalue weighted by atomic mass is 16.5. The van der Waals surface area contributed by atoms with E-state index in [-0.39, 0.29) is 5.78 Å². The zero-order valence-corrected chi connectivity index (χ0v) is 16.2. The normalized spacial score (nSPS) is 10.8. The highest BCUT2D eigenvalue weighted by Gasteiger charge is 2.12. The summed E-state index contributed by atoms with van der Waals surface area (Å²) in [5.41, 5.74) is 2.54. The summed E-state index contributed by atoms with van der Waals surface area (Å²) in [5.74, 6) is 2.23. The van der Waals surface area contributed by atoms with Crippen molar-refractivity contribution in [2.45, 2.75) is 20.1 Å². The molecule has 0 unspecified atom stereocenters. The van der Waals surface area contributed by atoms with Gasteiger partial charge in [-0.15, -0.1) is 0 Å². The number of fused-ring (bicyclic) bond motifs is 1. The van der Waals surface area contributed by atoms with Crippen molar-refractivity contribution in [1.82, 2.24) is 9.55 Å². The molecule has 146 valence electrons. The van der Waals surface area contributed by atoms with E-state index in [9.17, 15) is 4.79 Å². The number of benzene rings is 3. The van der Waals surface area contributed by atoms with Gasteiger partial charge in [0.25, 0.3) is 0 Å². The van der Waals surface area contributed by atoms with Gasteiger partial charge in [-0.2, -0.15) is 0 Å². The molecule has 0 fully saturated rings. The van der Waals surface area contributed by atoms with E-state index in [1.54, 1.807) is 13.0 Å².